The van der Waals surface area contributed by atoms with Crippen molar-refractivity contribution in [2.45, 2.75) is 187 Å². The van der Waals surface area contributed by atoms with E-state index in [9.17, 15) is 14.4 Å². The number of hydrogen-bond donors (Lipinski definition) is 4. The van der Waals surface area contributed by atoms with Crippen LogP contribution in [0.3, 0.4) is 0 Å². The molecule has 248 valence electrons. The molecule has 0 aliphatic rings. The summed E-state index contributed by atoms with van der Waals surface area (Å²) in [5.41, 5.74) is 5.55. The first-order valence-corrected chi connectivity index (χ1v) is 18.1. The van der Waals surface area contributed by atoms with Crippen LogP contribution in [0.1, 0.15) is 181 Å². The molecule has 7 heteroatoms. The maximum absolute atomic E-state index is 12.9. The molecule has 5 N–H and O–H groups in total. The third kappa shape index (κ3) is 28.5. The van der Waals surface area contributed by atoms with E-state index in [1.54, 1.807) is 0 Å². The molecular formula is C35H70N4O3. The van der Waals surface area contributed by atoms with Crippen LogP contribution in [-0.4, -0.2) is 43.4 Å². The Morgan fingerprint density at radius 1 is 0.500 bits per heavy atom. The van der Waals surface area contributed by atoms with E-state index in [-0.39, 0.29) is 24.1 Å². The lowest BCUT2D eigenvalue weighted by Crippen LogP contribution is -2.47. The van der Waals surface area contributed by atoms with Gasteiger partial charge >= 0.3 is 0 Å². The third-order valence-electron chi connectivity index (χ3n) is 8.10. The predicted molar refractivity (Wildman–Crippen MR) is 178 cm³/mol. The Bertz CT molecular complexity index is 629. The lowest BCUT2D eigenvalue weighted by atomic mass is 10.1. The number of hydrogen-bond acceptors (Lipinski definition) is 4. The fraction of sp³-hybridized carbons (Fsp3) is 0.914. The second kappa shape index (κ2) is 32.3. The van der Waals surface area contributed by atoms with Crippen LogP contribution in [0.15, 0.2) is 0 Å². The Morgan fingerprint density at radius 2 is 0.929 bits per heavy atom. The maximum atomic E-state index is 12.9. The zero-order valence-corrected chi connectivity index (χ0v) is 27.9. The minimum atomic E-state index is -0.668. The van der Waals surface area contributed by atoms with Gasteiger partial charge in [-0.15, -0.1) is 0 Å². The van der Waals surface area contributed by atoms with Gasteiger partial charge in [0.25, 0.3) is 0 Å². The molecule has 0 rings (SSSR count). The van der Waals surface area contributed by atoms with Crippen molar-refractivity contribution in [2.24, 2.45) is 5.73 Å². The molecule has 1 unspecified atom stereocenters. The van der Waals surface area contributed by atoms with E-state index in [2.05, 4.69) is 29.8 Å². The van der Waals surface area contributed by atoms with E-state index in [4.69, 9.17) is 5.73 Å². The predicted octanol–water partition coefficient (Wildman–Crippen LogP) is 7.84. The van der Waals surface area contributed by atoms with Crippen LogP contribution in [-0.2, 0) is 14.4 Å². The molecule has 42 heavy (non-hydrogen) atoms. The van der Waals surface area contributed by atoms with Gasteiger partial charge in [-0.25, -0.2) is 0 Å². The summed E-state index contributed by atoms with van der Waals surface area (Å²) in [5.74, 6) is -0.351. The topological polar surface area (TPSA) is 113 Å². The summed E-state index contributed by atoms with van der Waals surface area (Å²) >= 11 is 0. The molecule has 0 aliphatic carbocycles. The number of rotatable bonds is 32. The fourth-order valence-electron chi connectivity index (χ4n) is 5.29. The monoisotopic (exact) mass is 595 g/mol. The van der Waals surface area contributed by atoms with Crippen LogP contribution >= 0.6 is 0 Å². The highest BCUT2D eigenvalue weighted by atomic mass is 16.2. The molecule has 0 heterocycles. The van der Waals surface area contributed by atoms with Crippen molar-refractivity contribution in [3.05, 3.63) is 0 Å². The molecule has 0 aromatic carbocycles. The zero-order valence-electron chi connectivity index (χ0n) is 27.9. The summed E-state index contributed by atoms with van der Waals surface area (Å²) in [6.07, 6.45) is 28.7. The van der Waals surface area contributed by atoms with Crippen LogP contribution in [0.4, 0.5) is 0 Å². The maximum Gasteiger partial charge on any atom is 0.242 e. The molecule has 3 amide bonds. The van der Waals surface area contributed by atoms with Gasteiger partial charge in [0.15, 0.2) is 0 Å². The highest BCUT2D eigenvalue weighted by Crippen LogP contribution is 2.11. The minimum absolute atomic E-state index is 0.0457. The normalized spacial score (nSPS) is 11.8. The third-order valence-corrected chi connectivity index (χ3v) is 8.10. The lowest BCUT2D eigenvalue weighted by molar-refractivity contribution is -0.129. The Morgan fingerprint density at radius 3 is 1.40 bits per heavy atom. The van der Waals surface area contributed by atoms with Gasteiger partial charge < -0.3 is 21.7 Å². The second-order valence-corrected chi connectivity index (χ2v) is 12.3. The van der Waals surface area contributed by atoms with Gasteiger partial charge in [-0.2, -0.15) is 0 Å². The van der Waals surface area contributed by atoms with Crippen molar-refractivity contribution >= 4 is 17.7 Å². The van der Waals surface area contributed by atoms with Crippen molar-refractivity contribution in [2.75, 3.05) is 19.6 Å². The molecule has 0 saturated carbocycles. The second-order valence-electron chi connectivity index (χ2n) is 12.3. The van der Waals surface area contributed by atoms with E-state index in [0.29, 0.717) is 32.5 Å². The van der Waals surface area contributed by atoms with Crippen LogP contribution < -0.4 is 21.7 Å². The molecule has 0 spiro atoms. The average molecular weight is 595 g/mol. The van der Waals surface area contributed by atoms with E-state index in [1.807, 2.05) is 0 Å². The summed E-state index contributed by atoms with van der Waals surface area (Å²) in [6.45, 7) is 6.41. The van der Waals surface area contributed by atoms with E-state index in [1.165, 1.54) is 103 Å². The Hall–Kier alpha value is -1.63. The number of nitrogens with two attached hydrogens (primary N) is 1. The van der Waals surface area contributed by atoms with Crippen LogP contribution in [0, 0.1) is 0 Å². The van der Waals surface area contributed by atoms with Gasteiger partial charge in [0.2, 0.25) is 17.7 Å². The van der Waals surface area contributed by atoms with Gasteiger partial charge in [-0.1, -0.05) is 136 Å². The van der Waals surface area contributed by atoms with Gasteiger partial charge in [0.1, 0.15) is 6.04 Å². The van der Waals surface area contributed by atoms with Crippen molar-refractivity contribution in [1.29, 1.82) is 0 Å². The Labute approximate surface area is 260 Å². The Kier molecular flexibility index (Phi) is 31.0. The summed E-state index contributed by atoms with van der Waals surface area (Å²) in [6, 6.07) is -0.668. The highest BCUT2D eigenvalue weighted by molar-refractivity contribution is 5.88. The highest BCUT2D eigenvalue weighted by Gasteiger charge is 2.21. The van der Waals surface area contributed by atoms with E-state index in [0.717, 1.165) is 44.9 Å². The molecule has 0 aromatic rings. The standard InChI is InChI=1S/C35H70N4O3/c1-3-5-7-9-11-13-15-17-19-24-30-37-33(40)28-27-32(39-34(41)26-22-21-23-29-36)35(42)38-31-25-20-18-16-14-12-10-8-6-4-2/h32H,3-31,36H2,1-2H3,(H,37,40)(H,38,42)(H,39,41). The first-order valence-electron chi connectivity index (χ1n) is 18.1. The first kappa shape index (κ1) is 40.4. The molecule has 0 saturated heterocycles. The zero-order chi connectivity index (χ0) is 30.9. The number of nitrogens with one attached hydrogen (secondary N) is 3. The van der Waals surface area contributed by atoms with E-state index < -0.39 is 6.04 Å². The lowest BCUT2D eigenvalue weighted by Gasteiger charge is -2.18. The largest absolute Gasteiger partial charge is 0.356 e. The van der Waals surface area contributed by atoms with Gasteiger partial charge in [0, 0.05) is 25.9 Å². The molecule has 1 atom stereocenters. The summed E-state index contributed by atoms with van der Waals surface area (Å²) in [5, 5.41) is 8.89. The van der Waals surface area contributed by atoms with Crippen LogP contribution in [0.5, 0.6) is 0 Å². The molecule has 0 aromatic heterocycles. The fourth-order valence-corrected chi connectivity index (χ4v) is 5.29. The van der Waals surface area contributed by atoms with Crippen molar-refractivity contribution in [3.63, 3.8) is 0 Å². The summed E-state index contributed by atoms with van der Waals surface area (Å²) < 4.78 is 0. The number of carbonyl (C=O) groups excluding carboxylic acids is 3. The first-order chi connectivity index (χ1) is 20.5. The SMILES string of the molecule is CCCCCCCCCCCCNC(=O)CCC(NC(=O)CCCCCN)C(=O)NCCCCCCCCCCCC. The number of unbranched alkanes of at least 4 members (excludes halogenated alkanes) is 20. The minimum Gasteiger partial charge on any atom is -0.356 e. The molecule has 0 radical (unpaired) electrons. The quantitative estimate of drug-likeness (QED) is 0.0594. The molecule has 0 aliphatic heterocycles. The average Bonchev–Trinajstić information content (AvgIpc) is 2.98. The summed E-state index contributed by atoms with van der Waals surface area (Å²) in [7, 11) is 0. The molecular weight excluding hydrogens is 524 g/mol. The smallest absolute Gasteiger partial charge is 0.242 e. The van der Waals surface area contributed by atoms with Crippen molar-refractivity contribution in [1.82, 2.24) is 16.0 Å². The van der Waals surface area contributed by atoms with Crippen molar-refractivity contribution in [3.8, 4) is 0 Å². The van der Waals surface area contributed by atoms with Gasteiger partial charge in [-0.05, 0) is 38.6 Å². The van der Waals surface area contributed by atoms with Crippen LogP contribution in [0.25, 0.3) is 0 Å². The van der Waals surface area contributed by atoms with Gasteiger partial charge in [0.05, 0.1) is 0 Å². The molecule has 0 bridgehead atoms. The van der Waals surface area contributed by atoms with E-state index >= 15 is 0 Å². The number of carbonyl (C=O) groups is 3. The van der Waals surface area contributed by atoms with Gasteiger partial charge in [-0.3, -0.25) is 14.4 Å². The molecule has 0 fully saturated rings. The summed E-state index contributed by atoms with van der Waals surface area (Å²) in [4.78, 5) is 37.9. The van der Waals surface area contributed by atoms with Crippen molar-refractivity contribution < 1.29 is 14.4 Å². The van der Waals surface area contributed by atoms with Crippen LogP contribution in [0.2, 0.25) is 0 Å². The number of amides is 3. The molecule has 7 nitrogen and oxygen atoms in total. The Balaban J connectivity index is 4.23.